The van der Waals surface area contributed by atoms with E-state index in [1.54, 1.807) is 40.0 Å². The number of imidazole rings is 1. The molecule has 0 unspecified atom stereocenters. The Morgan fingerprint density at radius 1 is 1.00 bits per heavy atom. The fourth-order valence-corrected chi connectivity index (χ4v) is 4.29. The molecule has 4 rings (SSSR count). The number of aryl methyl sites for hydroxylation is 1. The summed E-state index contributed by atoms with van der Waals surface area (Å²) >= 11 is 0. The Bertz CT molecular complexity index is 1370. The third-order valence-corrected chi connectivity index (χ3v) is 6.82. The van der Waals surface area contributed by atoms with E-state index < -0.39 is 21.8 Å². The number of alkyl halides is 3. The Labute approximate surface area is 177 Å². The zero-order chi connectivity index (χ0) is 22.6. The maximum atomic E-state index is 12.9. The summed E-state index contributed by atoms with van der Waals surface area (Å²) < 4.78 is 68.7. The highest BCUT2D eigenvalue weighted by Crippen LogP contribution is 2.35. The third-order valence-electron chi connectivity index (χ3n) is 5.01. The van der Waals surface area contributed by atoms with Gasteiger partial charge in [-0.25, -0.2) is 17.7 Å². The van der Waals surface area contributed by atoms with E-state index in [0.29, 0.717) is 27.8 Å². The van der Waals surface area contributed by atoms with Crippen LogP contribution < -0.4 is 0 Å². The van der Waals surface area contributed by atoms with Crippen LogP contribution in [-0.2, 0) is 23.2 Å². The number of hydrogen-bond acceptors (Lipinski definition) is 3. The van der Waals surface area contributed by atoms with Crippen molar-refractivity contribution < 1.29 is 21.6 Å². The molecule has 0 N–H and O–H groups in total. The predicted molar refractivity (Wildman–Crippen MR) is 111 cm³/mol. The largest absolute Gasteiger partial charge is 0.416 e. The molecular weight excluding hydrogens is 429 g/mol. The van der Waals surface area contributed by atoms with E-state index in [1.165, 1.54) is 32.3 Å². The SMILES string of the molecule is CN(C)S(=O)(=O)c1ccc2c(c1)c(-c1cn(C)cn1)cn2-c1ccc(C(F)(F)F)cc1. The van der Waals surface area contributed by atoms with Crippen LogP contribution in [0.25, 0.3) is 27.8 Å². The van der Waals surface area contributed by atoms with Crippen molar-refractivity contribution in [2.45, 2.75) is 11.1 Å². The van der Waals surface area contributed by atoms with Crippen molar-refractivity contribution >= 4 is 20.9 Å². The first-order valence-electron chi connectivity index (χ1n) is 9.22. The lowest BCUT2D eigenvalue weighted by Gasteiger charge is -2.12. The van der Waals surface area contributed by atoms with E-state index in [2.05, 4.69) is 4.98 Å². The second-order valence-corrected chi connectivity index (χ2v) is 9.50. The normalized spacial score (nSPS) is 12.7. The van der Waals surface area contributed by atoms with Crippen LogP contribution in [0.5, 0.6) is 0 Å². The quantitative estimate of drug-likeness (QED) is 0.468. The molecule has 0 aliphatic carbocycles. The monoisotopic (exact) mass is 448 g/mol. The molecule has 0 radical (unpaired) electrons. The molecule has 0 saturated heterocycles. The fourth-order valence-electron chi connectivity index (χ4n) is 3.36. The molecule has 31 heavy (non-hydrogen) atoms. The van der Waals surface area contributed by atoms with Crippen LogP contribution in [0.1, 0.15) is 5.56 Å². The van der Waals surface area contributed by atoms with E-state index in [-0.39, 0.29) is 4.90 Å². The highest BCUT2D eigenvalue weighted by Gasteiger charge is 2.30. The molecule has 0 atom stereocenters. The number of fused-ring (bicyclic) bond motifs is 1. The van der Waals surface area contributed by atoms with Gasteiger partial charge < -0.3 is 9.13 Å². The van der Waals surface area contributed by atoms with Gasteiger partial charge in [-0.2, -0.15) is 13.2 Å². The number of hydrogen-bond donors (Lipinski definition) is 0. The second kappa shape index (κ2) is 7.24. The Hall–Kier alpha value is -3.11. The first-order chi connectivity index (χ1) is 14.5. The van der Waals surface area contributed by atoms with E-state index in [1.807, 2.05) is 7.05 Å². The van der Waals surface area contributed by atoms with Gasteiger partial charge >= 0.3 is 6.18 Å². The lowest BCUT2D eigenvalue weighted by atomic mass is 10.1. The first-order valence-corrected chi connectivity index (χ1v) is 10.7. The molecule has 4 aromatic rings. The molecule has 0 aliphatic heterocycles. The van der Waals surface area contributed by atoms with E-state index in [0.717, 1.165) is 16.4 Å². The highest BCUT2D eigenvalue weighted by molar-refractivity contribution is 7.89. The predicted octanol–water partition coefficient (Wildman–Crippen LogP) is 4.30. The molecule has 2 aromatic heterocycles. The van der Waals surface area contributed by atoms with Crippen LogP contribution in [0.15, 0.2) is 66.1 Å². The number of aromatic nitrogens is 3. The van der Waals surface area contributed by atoms with Crippen LogP contribution in [-0.4, -0.2) is 40.9 Å². The molecule has 0 saturated carbocycles. The average Bonchev–Trinajstić information content (AvgIpc) is 3.30. The van der Waals surface area contributed by atoms with Crippen molar-refractivity contribution in [3.63, 3.8) is 0 Å². The van der Waals surface area contributed by atoms with Gasteiger partial charge in [0.05, 0.1) is 28.0 Å². The van der Waals surface area contributed by atoms with Crippen LogP contribution in [0.3, 0.4) is 0 Å². The maximum absolute atomic E-state index is 12.9. The van der Waals surface area contributed by atoms with Crippen molar-refractivity contribution in [3.8, 4) is 16.9 Å². The molecule has 2 heterocycles. The van der Waals surface area contributed by atoms with E-state index >= 15 is 0 Å². The molecule has 10 heteroatoms. The standard InChI is InChI=1S/C21H19F3N4O2S/c1-26(2)31(29,30)16-8-9-20-17(10-16)18(19-12-27(3)13-25-19)11-28(20)15-6-4-14(5-7-15)21(22,23)24/h4-13H,1-3H3. The average molecular weight is 448 g/mol. The molecule has 0 bridgehead atoms. The van der Waals surface area contributed by atoms with Gasteiger partial charge in [0.2, 0.25) is 10.0 Å². The van der Waals surface area contributed by atoms with Crippen molar-refractivity contribution in [3.05, 3.63) is 66.7 Å². The van der Waals surface area contributed by atoms with Crippen molar-refractivity contribution in [1.82, 2.24) is 18.4 Å². The maximum Gasteiger partial charge on any atom is 0.416 e. The molecule has 0 spiro atoms. The summed E-state index contributed by atoms with van der Waals surface area (Å²) in [6.45, 7) is 0. The van der Waals surface area contributed by atoms with Crippen LogP contribution >= 0.6 is 0 Å². The van der Waals surface area contributed by atoms with Crippen LogP contribution in [0.4, 0.5) is 13.2 Å². The van der Waals surface area contributed by atoms with Gasteiger partial charge in [0.15, 0.2) is 0 Å². The van der Waals surface area contributed by atoms with Crippen molar-refractivity contribution in [1.29, 1.82) is 0 Å². The Kier molecular flexibility index (Phi) is 4.94. The molecule has 0 amide bonds. The van der Waals surface area contributed by atoms with E-state index in [9.17, 15) is 21.6 Å². The summed E-state index contributed by atoms with van der Waals surface area (Å²) in [4.78, 5) is 4.48. The summed E-state index contributed by atoms with van der Waals surface area (Å²) in [5.74, 6) is 0. The number of benzene rings is 2. The fraction of sp³-hybridized carbons (Fsp3) is 0.190. The van der Waals surface area contributed by atoms with Gasteiger partial charge in [-0.3, -0.25) is 0 Å². The minimum Gasteiger partial charge on any atom is -0.340 e. The molecule has 0 fully saturated rings. The minimum atomic E-state index is -4.42. The topological polar surface area (TPSA) is 60.1 Å². The third kappa shape index (κ3) is 3.72. The van der Waals surface area contributed by atoms with Crippen LogP contribution in [0.2, 0.25) is 0 Å². The van der Waals surface area contributed by atoms with Gasteiger partial charge in [0.1, 0.15) is 0 Å². The van der Waals surface area contributed by atoms with E-state index in [4.69, 9.17) is 0 Å². The smallest absolute Gasteiger partial charge is 0.340 e. The first kappa shape index (κ1) is 21.1. The van der Waals surface area contributed by atoms with Gasteiger partial charge in [0.25, 0.3) is 0 Å². The zero-order valence-electron chi connectivity index (χ0n) is 16.9. The summed E-state index contributed by atoms with van der Waals surface area (Å²) in [7, 11) is 1.05. The lowest BCUT2D eigenvalue weighted by Crippen LogP contribution is -2.22. The summed E-state index contributed by atoms with van der Waals surface area (Å²) in [5, 5.41) is 0.626. The van der Waals surface area contributed by atoms with Crippen molar-refractivity contribution in [2.75, 3.05) is 14.1 Å². The summed E-state index contributed by atoms with van der Waals surface area (Å²) in [6.07, 6.45) is 0.740. The number of halogens is 3. The van der Waals surface area contributed by atoms with Gasteiger partial charge in [-0.1, -0.05) is 0 Å². The lowest BCUT2D eigenvalue weighted by molar-refractivity contribution is -0.137. The summed E-state index contributed by atoms with van der Waals surface area (Å²) in [5.41, 5.74) is 1.72. The Morgan fingerprint density at radius 3 is 2.23 bits per heavy atom. The van der Waals surface area contributed by atoms with Gasteiger partial charge in [-0.05, 0) is 42.5 Å². The molecule has 2 aromatic carbocycles. The number of sulfonamides is 1. The minimum absolute atomic E-state index is 0.118. The number of rotatable bonds is 4. The molecule has 6 nitrogen and oxygen atoms in total. The second-order valence-electron chi connectivity index (χ2n) is 7.35. The Balaban J connectivity index is 1.95. The van der Waals surface area contributed by atoms with Crippen molar-refractivity contribution in [2.24, 2.45) is 7.05 Å². The van der Waals surface area contributed by atoms with Gasteiger partial charge in [-0.15, -0.1) is 0 Å². The Morgan fingerprint density at radius 2 is 1.68 bits per heavy atom. The van der Waals surface area contributed by atoms with Crippen LogP contribution in [0, 0.1) is 0 Å². The zero-order valence-corrected chi connectivity index (χ0v) is 17.7. The molecular formula is C21H19F3N4O2S. The number of nitrogens with zero attached hydrogens (tertiary/aromatic N) is 4. The molecule has 162 valence electrons. The van der Waals surface area contributed by atoms with Gasteiger partial charge in [0, 0.05) is 50.2 Å². The summed E-state index contributed by atoms with van der Waals surface area (Å²) in [6, 6.07) is 9.51. The molecule has 0 aliphatic rings. The highest BCUT2D eigenvalue weighted by atomic mass is 32.2.